The number of rotatable bonds is 8. The lowest BCUT2D eigenvalue weighted by atomic mass is 10.1. The van der Waals surface area contributed by atoms with Crippen molar-refractivity contribution in [2.24, 2.45) is 0 Å². The first-order chi connectivity index (χ1) is 12.1. The molecular weight excluding hydrogens is 342 g/mol. The predicted octanol–water partition coefficient (Wildman–Crippen LogP) is 3.61. The molecule has 2 rings (SSSR count). The summed E-state index contributed by atoms with van der Waals surface area (Å²) < 4.78 is 15.9. The molecule has 0 unspecified atom stereocenters. The summed E-state index contributed by atoms with van der Waals surface area (Å²) in [7, 11) is 3.16. The van der Waals surface area contributed by atoms with E-state index in [9.17, 15) is 4.79 Å². The molecule has 0 radical (unpaired) electrons. The van der Waals surface area contributed by atoms with Crippen molar-refractivity contribution in [3.63, 3.8) is 0 Å². The van der Waals surface area contributed by atoms with Crippen molar-refractivity contribution >= 4 is 17.5 Å². The summed E-state index contributed by atoms with van der Waals surface area (Å²) in [5.74, 6) is 1.75. The minimum absolute atomic E-state index is 0.0749. The molecule has 5 nitrogen and oxygen atoms in total. The zero-order valence-corrected chi connectivity index (χ0v) is 15.4. The Hall–Kier alpha value is -2.40. The zero-order valence-electron chi connectivity index (χ0n) is 14.6. The molecule has 0 saturated heterocycles. The number of hydrogen-bond acceptors (Lipinski definition) is 4. The minimum Gasteiger partial charge on any atom is -0.497 e. The molecule has 1 N–H and O–H groups in total. The van der Waals surface area contributed by atoms with E-state index in [1.165, 1.54) is 0 Å². The molecule has 1 amide bonds. The monoisotopic (exact) mass is 363 g/mol. The summed E-state index contributed by atoms with van der Waals surface area (Å²) >= 11 is 6.24. The first-order valence-electron chi connectivity index (χ1n) is 7.96. The molecule has 0 fully saturated rings. The molecule has 0 aliphatic heterocycles. The Morgan fingerprint density at radius 3 is 2.40 bits per heavy atom. The molecule has 0 aromatic heterocycles. The number of amides is 1. The molecule has 25 heavy (non-hydrogen) atoms. The van der Waals surface area contributed by atoms with Crippen molar-refractivity contribution in [1.29, 1.82) is 0 Å². The Labute approximate surface area is 152 Å². The van der Waals surface area contributed by atoms with Gasteiger partial charge in [-0.25, -0.2) is 0 Å². The van der Waals surface area contributed by atoms with Crippen LogP contribution in [0.2, 0.25) is 5.02 Å². The Kier molecular flexibility index (Phi) is 6.95. The van der Waals surface area contributed by atoms with Gasteiger partial charge in [0, 0.05) is 6.54 Å². The van der Waals surface area contributed by atoms with Crippen LogP contribution in [0.4, 0.5) is 0 Å². The number of benzene rings is 2. The van der Waals surface area contributed by atoms with Gasteiger partial charge in [-0.2, -0.15) is 0 Å². The van der Waals surface area contributed by atoms with Crippen LogP contribution in [0.5, 0.6) is 17.2 Å². The lowest BCUT2D eigenvalue weighted by molar-refractivity contribution is -0.120. The molecule has 0 bridgehead atoms. The second kappa shape index (κ2) is 9.18. The van der Waals surface area contributed by atoms with Crippen LogP contribution >= 0.6 is 11.6 Å². The van der Waals surface area contributed by atoms with Gasteiger partial charge in [-0.3, -0.25) is 4.79 Å². The third-order valence-electron chi connectivity index (χ3n) is 3.59. The Balaban J connectivity index is 1.97. The fraction of sp³-hybridized carbons (Fsp3) is 0.316. The van der Waals surface area contributed by atoms with Crippen LogP contribution in [-0.4, -0.2) is 26.7 Å². The Morgan fingerprint density at radius 1 is 1.08 bits per heavy atom. The van der Waals surface area contributed by atoms with E-state index < -0.39 is 0 Å². The van der Waals surface area contributed by atoms with E-state index in [-0.39, 0.29) is 5.91 Å². The highest BCUT2D eigenvalue weighted by molar-refractivity contribution is 6.32. The lowest BCUT2D eigenvalue weighted by Crippen LogP contribution is -2.24. The maximum Gasteiger partial charge on any atom is 0.224 e. The summed E-state index contributed by atoms with van der Waals surface area (Å²) in [6, 6.07) is 11.0. The number of hydrogen-bond donors (Lipinski definition) is 1. The Morgan fingerprint density at radius 2 is 1.80 bits per heavy atom. The first kappa shape index (κ1) is 18.9. The van der Waals surface area contributed by atoms with E-state index >= 15 is 0 Å². The van der Waals surface area contributed by atoms with E-state index in [0.29, 0.717) is 36.1 Å². The minimum atomic E-state index is -0.0749. The summed E-state index contributed by atoms with van der Waals surface area (Å²) in [4.78, 5) is 12.1. The van der Waals surface area contributed by atoms with Gasteiger partial charge in [0.25, 0.3) is 0 Å². The molecule has 134 valence electrons. The molecule has 6 heteroatoms. The van der Waals surface area contributed by atoms with Gasteiger partial charge in [0.2, 0.25) is 5.91 Å². The fourth-order valence-electron chi connectivity index (χ4n) is 2.35. The standard InChI is InChI=1S/C19H22ClNO4/c1-4-25-19-16(20)9-14(10-17(19)24-3)12-21-18(22)11-13-5-7-15(23-2)8-6-13/h5-10H,4,11-12H2,1-3H3,(H,21,22). The maximum absolute atomic E-state index is 12.1. The van der Waals surface area contributed by atoms with E-state index in [4.69, 9.17) is 25.8 Å². The number of methoxy groups -OCH3 is 2. The van der Waals surface area contributed by atoms with Crippen molar-refractivity contribution < 1.29 is 19.0 Å². The highest BCUT2D eigenvalue weighted by Crippen LogP contribution is 2.36. The van der Waals surface area contributed by atoms with Gasteiger partial charge in [-0.15, -0.1) is 0 Å². The van der Waals surface area contributed by atoms with Gasteiger partial charge in [-0.05, 0) is 42.3 Å². The second-order valence-corrected chi connectivity index (χ2v) is 5.75. The SMILES string of the molecule is CCOc1c(Cl)cc(CNC(=O)Cc2ccc(OC)cc2)cc1OC. The zero-order chi connectivity index (χ0) is 18.2. The van der Waals surface area contributed by atoms with Crippen molar-refractivity contribution in [2.75, 3.05) is 20.8 Å². The van der Waals surface area contributed by atoms with Crippen LogP contribution in [0, 0.1) is 0 Å². The van der Waals surface area contributed by atoms with E-state index in [1.54, 1.807) is 20.3 Å². The summed E-state index contributed by atoms with van der Waals surface area (Å²) in [5, 5.41) is 3.34. The van der Waals surface area contributed by atoms with Gasteiger partial charge in [0.15, 0.2) is 11.5 Å². The molecule has 0 spiro atoms. The average Bonchev–Trinajstić information content (AvgIpc) is 2.62. The average molecular weight is 364 g/mol. The summed E-state index contributed by atoms with van der Waals surface area (Å²) in [6.07, 6.45) is 0.298. The molecule has 0 aliphatic rings. The highest BCUT2D eigenvalue weighted by Gasteiger charge is 2.12. The summed E-state index contributed by atoms with van der Waals surface area (Å²) in [5.41, 5.74) is 1.76. The molecule has 2 aromatic rings. The molecule has 0 saturated carbocycles. The van der Waals surface area contributed by atoms with E-state index in [1.807, 2.05) is 37.3 Å². The number of nitrogens with one attached hydrogen (secondary N) is 1. The van der Waals surface area contributed by atoms with Gasteiger partial charge >= 0.3 is 0 Å². The molecule has 0 aliphatic carbocycles. The van der Waals surface area contributed by atoms with Crippen LogP contribution in [0.25, 0.3) is 0 Å². The largest absolute Gasteiger partial charge is 0.497 e. The summed E-state index contributed by atoms with van der Waals surface area (Å²) in [6.45, 7) is 2.73. The van der Waals surface area contributed by atoms with Crippen LogP contribution in [0.1, 0.15) is 18.1 Å². The molecular formula is C19H22ClNO4. The van der Waals surface area contributed by atoms with E-state index in [2.05, 4.69) is 5.32 Å². The van der Waals surface area contributed by atoms with Crippen LogP contribution < -0.4 is 19.5 Å². The van der Waals surface area contributed by atoms with Crippen LogP contribution in [0.15, 0.2) is 36.4 Å². The van der Waals surface area contributed by atoms with Gasteiger partial charge in [0.1, 0.15) is 5.75 Å². The Bertz CT molecular complexity index is 716. The maximum atomic E-state index is 12.1. The molecule has 0 heterocycles. The van der Waals surface area contributed by atoms with Crippen molar-refractivity contribution in [3.8, 4) is 17.2 Å². The van der Waals surface area contributed by atoms with Crippen LogP contribution in [-0.2, 0) is 17.8 Å². The van der Waals surface area contributed by atoms with Crippen molar-refractivity contribution in [2.45, 2.75) is 19.9 Å². The third-order valence-corrected chi connectivity index (χ3v) is 3.87. The second-order valence-electron chi connectivity index (χ2n) is 5.34. The number of carbonyl (C=O) groups is 1. The smallest absolute Gasteiger partial charge is 0.224 e. The highest BCUT2D eigenvalue weighted by atomic mass is 35.5. The van der Waals surface area contributed by atoms with Crippen molar-refractivity contribution in [1.82, 2.24) is 5.32 Å². The quantitative estimate of drug-likeness (QED) is 0.778. The first-order valence-corrected chi connectivity index (χ1v) is 8.34. The van der Waals surface area contributed by atoms with Gasteiger partial charge < -0.3 is 19.5 Å². The number of ether oxygens (including phenoxy) is 3. The normalized spacial score (nSPS) is 10.2. The van der Waals surface area contributed by atoms with Crippen molar-refractivity contribution in [3.05, 3.63) is 52.5 Å². The topological polar surface area (TPSA) is 56.8 Å². The molecule has 2 aromatic carbocycles. The van der Waals surface area contributed by atoms with Gasteiger partial charge in [-0.1, -0.05) is 23.7 Å². The predicted molar refractivity (Wildman–Crippen MR) is 97.7 cm³/mol. The number of halogens is 1. The fourth-order valence-corrected chi connectivity index (χ4v) is 2.64. The molecule has 0 atom stereocenters. The van der Waals surface area contributed by atoms with E-state index in [0.717, 1.165) is 16.9 Å². The number of carbonyl (C=O) groups excluding carboxylic acids is 1. The third kappa shape index (κ3) is 5.29. The van der Waals surface area contributed by atoms with Crippen LogP contribution in [0.3, 0.4) is 0 Å². The lowest BCUT2D eigenvalue weighted by Gasteiger charge is -2.13. The van der Waals surface area contributed by atoms with Gasteiger partial charge in [0.05, 0.1) is 32.3 Å².